The van der Waals surface area contributed by atoms with E-state index in [4.69, 9.17) is 0 Å². The highest BCUT2D eigenvalue weighted by atomic mass is 32.1. The number of thiophene rings is 1. The largest absolute Gasteiger partial charge is 0.354 e. The van der Waals surface area contributed by atoms with Gasteiger partial charge in [0.2, 0.25) is 0 Å². The summed E-state index contributed by atoms with van der Waals surface area (Å²) >= 11 is 1.87. The van der Waals surface area contributed by atoms with Gasteiger partial charge >= 0.3 is 0 Å². The first-order valence-electron chi connectivity index (χ1n) is 13.3. The Labute approximate surface area is 228 Å². The monoisotopic (exact) mass is 514 g/mol. The molecule has 0 saturated carbocycles. The standard InChI is InChI=1S/C36H22N2S/c1-2-8-24(9-3-1)38-33-12-6-4-10-25(33)29-19-23(15-17-34(29)38)22-14-16-31-27(18-22)28-20-30-26-11-5-7-13-35(26)39-36(30)21-32(28)37-31/h1-21,37H. The summed E-state index contributed by atoms with van der Waals surface area (Å²) < 4.78 is 5.04. The second kappa shape index (κ2) is 7.83. The van der Waals surface area contributed by atoms with Crippen LogP contribution in [0.4, 0.5) is 0 Å². The molecule has 0 saturated heterocycles. The van der Waals surface area contributed by atoms with Gasteiger partial charge < -0.3 is 9.55 Å². The Morgan fingerprint density at radius 1 is 0.436 bits per heavy atom. The van der Waals surface area contributed by atoms with Crippen molar-refractivity contribution >= 4 is 75.1 Å². The zero-order valence-corrected chi connectivity index (χ0v) is 21.8. The fourth-order valence-corrected chi connectivity index (χ4v) is 7.43. The number of fused-ring (bicyclic) bond motifs is 9. The summed E-state index contributed by atoms with van der Waals surface area (Å²) in [5.41, 5.74) is 8.49. The van der Waals surface area contributed by atoms with Crippen molar-refractivity contribution in [2.75, 3.05) is 0 Å². The van der Waals surface area contributed by atoms with Crippen molar-refractivity contribution in [2.45, 2.75) is 0 Å². The maximum atomic E-state index is 3.67. The topological polar surface area (TPSA) is 20.7 Å². The number of aromatic amines is 1. The number of nitrogens with zero attached hydrogens (tertiary/aromatic N) is 1. The smallest absolute Gasteiger partial charge is 0.0541 e. The van der Waals surface area contributed by atoms with Gasteiger partial charge in [-0.25, -0.2) is 0 Å². The van der Waals surface area contributed by atoms with E-state index in [1.807, 2.05) is 11.3 Å². The number of benzene rings is 6. The Kier molecular flexibility index (Phi) is 4.24. The van der Waals surface area contributed by atoms with Gasteiger partial charge in [0.15, 0.2) is 0 Å². The van der Waals surface area contributed by atoms with Crippen LogP contribution < -0.4 is 0 Å². The third kappa shape index (κ3) is 3.02. The van der Waals surface area contributed by atoms with Crippen LogP contribution in [0, 0.1) is 0 Å². The quantitative estimate of drug-likeness (QED) is 0.237. The summed E-state index contributed by atoms with van der Waals surface area (Å²) in [6.45, 7) is 0. The summed E-state index contributed by atoms with van der Waals surface area (Å²) in [5, 5.41) is 7.78. The lowest BCUT2D eigenvalue weighted by molar-refractivity contribution is 1.18. The molecule has 0 bridgehead atoms. The van der Waals surface area contributed by atoms with Gasteiger partial charge in [-0.2, -0.15) is 0 Å². The van der Waals surface area contributed by atoms with Crippen molar-refractivity contribution in [3.05, 3.63) is 127 Å². The van der Waals surface area contributed by atoms with E-state index >= 15 is 0 Å². The summed E-state index contributed by atoms with van der Waals surface area (Å²) in [6.07, 6.45) is 0. The van der Waals surface area contributed by atoms with Gasteiger partial charge in [0.05, 0.1) is 11.0 Å². The molecule has 0 spiro atoms. The van der Waals surface area contributed by atoms with Crippen molar-refractivity contribution in [1.29, 1.82) is 0 Å². The van der Waals surface area contributed by atoms with Crippen LogP contribution >= 0.6 is 11.3 Å². The maximum Gasteiger partial charge on any atom is 0.0541 e. The summed E-state index contributed by atoms with van der Waals surface area (Å²) in [4.78, 5) is 3.67. The van der Waals surface area contributed by atoms with Gasteiger partial charge in [-0.3, -0.25) is 0 Å². The fraction of sp³-hybridized carbons (Fsp3) is 0. The van der Waals surface area contributed by atoms with E-state index in [0.29, 0.717) is 0 Å². The molecule has 0 aliphatic rings. The minimum Gasteiger partial charge on any atom is -0.354 e. The SMILES string of the molecule is c1ccc(-n2c3ccccc3c3cc(-c4ccc5[nH]c6cc7sc8ccccc8c7cc6c5c4)ccc32)cc1. The lowest BCUT2D eigenvalue weighted by Crippen LogP contribution is -1.92. The number of H-pyrrole nitrogens is 1. The molecule has 0 fully saturated rings. The highest BCUT2D eigenvalue weighted by Gasteiger charge is 2.14. The van der Waals surface area contributed by atoms with Crippen molar-refractivity contribution in [2.24, 2.45) is 0 Å². The third-order valence-corrected chi connectivity index (χ3v) is 9.25. The van der Waals surface area contributed by atoms with Crippen molar-refractivity contribution in [3.8, 4) is 16.8 Å². The molecule has 0 aliphatic carbocycles. The van der Waals surface area contributed by atoms with E-state index in [9.17, 15) is 0 Å². The molecule has 3 heteroatoms. The van der Waals surface area contributed by atoms with Crippen molar-refractivity contribution < 1.29 is 0 Å². The molecule has 182 valence electrons. The molecule has 3 heterocycles. The number of para-hydroxylation sites is 2. The summed E-state index contributed by atoms with van der Waals surface area (Å²) in [6, 6.07) is 46.5. The summed E-state index contributed by atoms with van der Waals surface area (Å²) in [7, 11) is 0. The summed E-state index contributed by atoms with van der Waals surface area (Å²) in [5.74, 6) is 0. The minimum absolute atomic E-state index is 1.18. The lowest BCUT2D eigenvalue weighted by Gasteiger charge is -2.08. The Bertz CT molecular complexity index is 2390. The molecule has 9 rings (SSSR count). The fourth-order valence-electron chi connectivity index (χ4n) is 6.31. The second-order valence-corrected chi connectivity index (χ2v) is 11.4. The average molecular weight is 515 g/mol. The number of aromatic nitrogens is 2. The molecule has 0 unspecified atom stereocenters. The zero-order chi connectivity index (χ0) is 25.5. The van der Waals surface area contributed by atoms with Crippen LogP contribution in [-0.4, -0.2) is 9.55 Å². The number of nitrogens with one attached hydrogen (secondary N) is 1. The molecular weight excluding hydrogens is 492 g/mol. The first kappa shape index (κ1) is 21.1. The lowest BCUT2D eigenvalue weighted by atomic mass is 10.00. The molecule has 39 heavy (non-hydrogen) atoms. The van der Waals surface area contributed by atoms with Gasteiger partial charge in [0.25, 0.3) is 0 Å². The molecule has 1 N–H and O–H groups in total. The Morgan fingerprint density at radius 2 is 1.13 bits per heavy atom. The van der Waals surface area contributed by atoms with Crippen LogP contribution in [0.1, 0.15) is 0 Å². The first-order chi connectivity index (χ1) is 19.3. The third-order valence-electron chi connectivity index (χ3n) is 8.12. The molecule has 3 aromatic heterocycles. The Morgan fingerprint density at radius 3 is 2.03 bits per heavy atom. The molecule has 9 aromatic rings. The Hall–Kier alpha value is -4.86. The van der Waals surface area contributed by atoms with Crippen LogP contribution in [0.15, 0.2) is 127 Å². The normalized spacial score (nSPS) is 12.1. The van der Waals surface area contributed by atoms with Gasteiger partial charge in [-0.1, -0.05) is 66.7 Å². The van der Waals surface area contributed by atoms with Crippen molar-refractivity contribution in [1.82, 2.24) is 9.55 Å². The van der Waals surface area contributed by atoms with Gasteiger partial charge in [-0.15, -0.1) is 11.3 Å². The molecular formula is C36H22N2S. The van der Waals surface area contributed by atoms with Crippen LogP contribution in [0.2, 0.25) is 0 Å². The minimum atomic E-state index is 1.18. The Balaban J connectivity index is 1.27. The van der Waals surface area contributed by atoms with Crippen LogP contribution in [0.5, 0.6) is 0 Å². The van der Waals surface area contributed by atoms with Crippen molar-refractivity contribution in [3.63, 3.8) is 0 Å². The van der Waals surface area contributed by atoms with Gasteiger partial charge in [-0.05, 0) is 71.8 Å². The van der Waals surface area contributed by atoms with Crippen LogP contribution in [0.25, 0.3) is 80.6 Å². The molecule has 0 atom stereocenters. The second-order valence-electron chi connectivity index (χ2n) is 10.3. The highest BCUT2D eigenvalue weighted by molar-refractivity contribution is 7.25. The van der Waals surface area contributed by atoms with E-state index in [0.717, 1.165) is 0 Å². The first-order valence-corrected chi connectivity index (χ1v) is 14.1. The zero-order valence-electron chi connectivity index (χ0n) is 21.0. The molecule has 6 aromatic carbocycles. The predicted octanol–water partition coefficient (Wildman–Crippen LogP) is 10.5. The van der Waals surface area contributed by atoms with E-state index < -0.39 is 0 Å². The van der Waals surface area contributed by atoms with Gasteiger partial charge in [0, 0.05) is 58.4 Å². The predicted molar refractivity (Wildman–Crippen MR) is 168 cm³/mol. The molecule has 0 aliphatic heterocycles. The number of hydrogen-bond acceptors (Lipinski definition) is 1. The van der Waals surface area contributed by atoms with Crippen LogP contribution in [0.3, 0.4) is 0 Å². The number of rotatable bonds is 2. The van der Waals surface area contributed by atoms with E-state index in [1.54, 1.807) is 0 Å². The average Bonchev–Trinajstić information content (AvgIpc) is 3.64. The highest BCUT2D eigenvalue weighted by Crippen LogP contribution is 2.40. The van der Waals surface area contributed by atoms with Gasteiger partial charge in [0.1, 0.15) is 0 Å². The molecule has 0 amide bonds. The van der Waals surface area contributed by atoms with E-state index in [-0.39, 0.29) is 0 Å². The maximum absolute atomic E-state index is 3.67. The number of hydrogen-bond donors (Lipinski definition) is 1. The van der Waals surface area contributed by atoms with E-state index in [1.165, 1.54) is 80.6 Å². The molecule has 0 radical (unpaired) electrons. The van der Waals surface area contributed by atoms with Crippen LogP contribution in [-0.2, 0) is 0 Å². The molecule has 2 nitrogen and oxygen atoms in total. The van der Waals surface area contributed by atoms with E-state index in [2.05, 4.69) is 137 Å².